The second-order valence-electron chi connectivity index (χ2n) is 15.0. The summed E-state index contributed by atoms with van der Waals surface area (Å²) in [6.07, 6.45) is 5.15. The molecule has 0 atom stereocenters. The molecule has 0 bridgehead atoms. The van der Waals surface area contributed by atoms with Crippen molar-refractivity contribution in [3.63, 3.8) is 0 Å². The van der Waals surface area contributed by atoms with Crippen LogP contribution in [-0.4, -0.2) is 207 Å². The van der Waals surface area contributed by atoms with Crippen LogP contribution in [0.4, 0.5) is 5.69 Å². The minimum absolute atomic E-state index is 0.000773. The topological polar surface area (TPSA) is 154 Å². The van der Waals surface area contributed by atoms with Crippen LogP contribution in [0.5, 0.6) is 0 Å². The fourth-order valence-corrected chi connectivity index (χ4v) is 6.21. The van der Waals surface area contributed by atoms with Gasteiger partial charge in [-0.15, -0.1) is 0 Å². The van der Waals surface area contributed by atoms with Crippen molar-refractivity contribution in [2.24, 2.45) is 0 Å². The van der Waals surface area contributed by atoms with Gasteiger partial charge in [-0.3, -0.25) is 48.7 Å². The predicted molar refractivity (Wildman–Crippen MR) is 223 cm³/mol. The Bertz CT molecular complexity index is 1710. The zero-order chi connectivity index (χ0) is 41.2. The predicted octanol–water partition coefficient (Wildman–Crippen LogP) is 1.00. The zero-order valence-electron chi connectivity index (χ0n) is 34.7. The molecule has 310 valence electrons. The van der Waals surface area contributed by atoms with Crippen LogP contribution in [0.2, 0.25) is 0 Å². The molecule has 0 radical (unpaired) electrons. The Hall–Kier alpha value is -5.03. The van der Waals surface area contributed by atoms with E-state index in [-0.39, 0.29) is 43.3 Å². The lowest BCUT2D eigenvalue weighted by Gasteiger charge is -2.32. The number of carbonyl (C=O) groups is 4. The molecule has 2 N–H and O–H groups in total. The lowest BCUT2D eigenvalue weighted by molar-refractivity contribution is -0.132. The third-order valence-corrected chi connectivity index (χ3v) is 9.83. The van der Waals surface area contributed by atoms with Gasteiger partial charge >= 0.3 is 0 Å². The number of nitrogens with one attached hydrogen (secondary N) is 2. The van der Waals surface area contributed by atoms with Crippen LogP contribution in [0.3, 0.4) is 0 Å². The minimum Gasteiger partial charge on any atom is -0.381 e. The molecule has 57 heavy (non-hydrogen) atoms. The van der Waals surface area contributed by atoms with Crippen LogP contribution in [0.15, 0.2) is 60.9 Å². The highest BCUT2D eigenvalue weighted by atomic mass is 16.2. The number of rotatable bonds is 14. The maximum Gasteiger partial charge on any atom is 0.236 e. The van der Waals surface area contributed by atoms with Gasteiger partial charge in [-0.25, -0.2) is 4.98 Å². The highest BCUT2D eigenvalue weighted by Crippen LogP contribution is 2.27. The molecule has 1 fully saturated rings. The highest BCUT2D eigenvalue weighted by Gasteiger charge is 2.21. The van der Waals surface area contributed by atoms with Crippen molar-refractivity contribution in [2.45, 2.75) is 12.8 Å². The molecule has 16 heteroatoms. The summed E-state index contributed by atoms with van der Waals surface area (Å²) in [4.78, 5) is 79.0. The van der Waals surface area contributed by atoms with Gasteiger partial charge in [0.15, 0.2) is 0 Å². The number of likely N-dealkylation sites (N-methyl/N-ethyl adjacent to an activating group) is 3. The van der Waals surface area contributed by atoms with E-state index >= 15 is 0 Å². The SMILES string of the molecule is CN(C)C(=O)CN1CCCCN(CC(=O)NCCNc2ccc(-c3ccccn3)nc2-c2ccccn2)CCN(CC(=O)N(C)C)CCN(CC(=O)N(C)C)CC1. The number of hydrogen-bond acceptors (Lipinski definition) is 12. The van der Waals surface area contributed by atoms with Crippen molar-refractivity contribution >= 4 is 29.3 Å². The summed E-state index contributed by atoms with van der Waals surface area (Å²) in [5, 5.41) is 6.51. The van der Waals surface area contributed by atoms with Crippen molar-refractivity contribution in [2.75, 3.05) is 139 Å². The summed E-state index contributed by atoms with van der Waals surface area (Å²) in [5.41, 5.74) is 3.74. The van der Waals surface area contributed by atoms with Gasteiger partial charge in [0.2, 0.25) is 23.6 Å². The first kappa shape index (κ1) is 44.7. The average Bonchev–Trinajstić information content (AvgIpc) is 3.20. The fourth-order valence-electron chi connectivity index (χ4n) is 6.21. The summed E-state index contributed by atoms with van der Waals surface area (Å²) >= 11 is 0. The van der Waals surface area contributed by atoms with Gasteiger partial charge in [0.05, 0.1) is 48.9 Å². The van der Waals surface area contributed by atoms with Crippen LogP contribution in [0, 0.1) is 0 Å². The number of amides is 4. The quantitative estimate of drug-likeness (QED) is 0.224. The normalized spacial score (nSPS) is 15.6. The molecule has 0 saturated carbocycles. The monoisotopic (exact) mass is 787 g/mol. The maximum absolute atomic E-state index is 13.4. The van der Waals surface area contributed by atoms with Crippen molar-refractivity contribution in [3.8, 4) is 22.8 Å². The first-order valence-electron chi connectivity index (χ1n) is 19.7. The summed E-state index contributed by atoms with van der Waals surface area (Å²) in [5.74, 6) is -0.0722. The molecule has 3 aromatic heterocycles. The van der Waals surface area contributed by atoms with E-state index in [1.807, 2.05) is 48.5 Å². The summed E-state index contributed by atoms with van der Waals surface area (Å²) in [6.45, 7) is 6.85. The average molecular weight is 787 g/mol. The molecule has 0 spiro atoms. The van der Waals surface area contributed by atoms with E-state index < -0.39 is 0 Å². The fraction of sp³-hybridized carbons (Fsp3) is 0.537. The Kier molecular flexibility index (Phi) is 18.2. The van der Waals surface area contributed by atoms with Crippen molar-refractivity contribution in [3.05, 3.63) is 60.9 Å². The molecule has 0 unspecified atom stereocenters. The molecule has 1 saturated heterocycles. The van der Waals surface area contributed by atoms with Crippen LogP contribution >= 0.6 is 0 Å². The van der Waals surface area contributed by atoms with Crippen molar-refractivity contribution < 1.29 is 19.2 Å². The third kappa shape index (κ3) is 15.4. The van der Waals surface area contributed by atoms with E-state index in [0.717, 1.165) is 42.2 Å². The van der Waals surface area contributed by atoms with Crippen LogP contribution in [0.25, 0.3) is 22.8 Å². The van der Waals surface area contributed by atoms with Crippen LogP contribution in [0.1, 0.15) is 12.8 Å². The van der Waals surface area contributed by atoms with E-state index in [2.05, 4.69) is 40.2 Å². The maximum atomic E-state index is 13.4. The lowest BCUT2D eigenvalue weighted by atomic mass is 10.1. The van der Waals surface area contributed by atoms with Gasteiger partial charge in [-0.2, -0.15) is 0 Å². The van der Waals surface area contributed by atoms with E-state index in [1.54, 1.807) is 69.4 Å². The van der Waals surface area contributed by atoms with Gasteiger partial charge in [-0.1, -0.05) is 12.1 Å². The Labute approximate surface area is 338 Å². The van der Waals surface area contributed by atoms with Gasteiger partial charge in [0, 0.05) is 107 Å². The number of hydrogen-bond donors (Lipinski definition) is 2. The first-order valence-corrected chi connectivity index (χ1v) is 19.7. The number of anilines is 1. The molecule has 1 aliphatic heterocycles. The summed E-state index contributed by atoms with van der Waals surface area (Å²) in [7, 11) is 10.5. The standard InChI is InChI=1S/C41H62N12O4/c1-47(2)38(55)30-51-22-12-11-21-50(23-25-52(31-39(56)48(3)4)27-28-53(26-24-51)32-40(57)49(5)6)29-37(54)45-20-19-44-36-16-15-34(33-13-7-9-17-42-33)46-41(36)35-14-8-10-18-43-35/h7-10,13-18,44H,11-12,19-32H2,1-6H3,(H,45,54). The van der Waals surface area contributed by atoms with Gasteiger partial charge < -0.3 is 25.3 Å². The number of nitrogens with zero attached hydrogens (tertiary/aromatic N) is 10. The zero-order valence-corrected chi connectivity index (χ0v) is 34.7. The van der Waals surface area contributed by atoms with Gasteiger partial charge in [-0.05, 0) is 62.3 Å². The number of carbonyl (C=O) groups excluding carboxylic acids is 4. The van der Waals surface area contributed by atoms with Gasteiger partial charge in [0.1, 0.15) is 5.69 Å². The molecule has 4 amide bonds. The summed E-state index contributed by atoms with van der Waals surface area (Å²) < 4.78 is 0. The Morgan fingerprint density at radius 3 is 1.46 bits per heavy atom. The molecule has 0 aliphatic carbocycles. The van der Waals surface area contributed by atoms with E-state index in [4.69, 9.17) is 4.98 Å². The molecule has 4 rings (SSSR count). The van der Waals surface area contributed by atoms with E-state index in [0.29, 0.717) is 71.1 Å². The Balaban J connectivity index is 1.41. The molecular formula is C41H62N12O4. The largest absolute Gasteiger partial charge is 0.381 e. The van der Waals surface area contributed by atoms with Crippen LogP contribution in [-0.2, 0) is 19.2 Å². The molecule has 0 aromatic carbocycles. The Morgan fingerprint density at radius 1 is 0.544 bits per heavy atom. The van der Waals surface area contributed by atoms with Crippen molar-refractivity contribution in [1.82, 2.24) is 54.6 Å². The highest BCUT2D eigenvalue weighted by molar-refractivity contribution is 5.79. The molecule has 1 aliphatic rings. The Morgan fingerprint density at radius 2 is 1.00 bits per heavy atom. The molecule has 16 nitrogen and oxygen atoms in total. The summed E-state index contributed by atoms with van der Waals surface area (Å²) in [6, 6.07) is 15.3. The molecule has 4 heterocycles. The molecule has 3 aromatic rings. The van der Waals surface area contributed by atoms with Crippen LogP contribution < -0.4 is 10.6 Å². The lowest BCUT2D eigenvalue weighted by Crippen LogP contribution is -2.49. The second-order valence-corrected chi connectivity index (χ2v) is 15.0. The first-order chi connectivity index (χ1) is 27.4. The second kappa shape index (κ2) is 23.3. The minimum atomic E-state index is -0.0889. The van der Waals surface area contributed by atoms with Gasteiger partial charge in [0.25, 0.3) is 0 Å². The third-order valence-electron chi connectivity index (χ3n) is 9.83. The van der Waals surface area contributed by atoms with E-state index in [1.165, 1.54) is 0 Å². The molecular weight excluding hydrogens is 725 g/mol. The van der Waals surface area contributed by atoms with Crippen molar-refractivity contribution in [1.29, 1.82) is 0 Å². The number of aromatic nitrogens is 3. The number of pyridine rings is 3. The van der Waals surface area contributed by atoms with E-state index in [9.17, 15) is 19.2 Å². The smallest absolute Gasteiger partial charge is 0.236 e.